The van der Waals surface area contributed by atoms with Gasteiger partial charge in [0, 0.05) is 15.7 Å². The largest absolute Gasteiger partial charge is 0.496 e. The Kier molecular flexibility index (Phi) is 6.34. The van der Waals surface area contributed by atoms with Gasteiger partial charge in [0.2, 0.25) is 11.1 Å². The maximum Gasteiger partial charge on any atom is 0.338 e. The lowest BCUT2D eigenvalue weighted by molar-refractivity contribution is -0.143. The van der Waals surface area contributed by atoms with E-state index in [4.69, 9.17) is 9.47 Å². The van der Waals surface area contributed by atoms with E-state index in [1.54, 1.807) is 23.6 Å². The summed E-state index contributed by atoms with van der Waals surface area (Å²) in [5, 5.41) is 8.49. The molecule has 0 saturated heterocycles. The number of nitrogens with zero attached hydrogens (tertiary/aromatic N) is 3. The predicted molar refractivity (Wildman–Crippen MR) is 113 cm³/mol. The lowest BCUT2D eigenvalue weighted by atomic mass is 9.95. The maximum atomic E-state index is 13.0. The summed E-state index contributed by atoms with van der Waals surface area (Å²) in [4.78, 5) is 17.6. The number of aromatic nitrogens is 3. The number of thioether (sulfide) groups is 1. The van der Waals surface area contributed by atoms with Gasteiger partial charge in [0.25, 0.3) is 0 Å². The Balaban J connectivity index is 2.21. The number of rotatable bonds is 6. The standard InChI is InChI=1S/C19H23BrN4O3S/c1-6-28-19-22-18-21-11(4)15(17(25)27-10(2)3)16(24(18)23-19)13-9-12(20)7-8-14(13)26-5/h7-10,16H,6H2,1-5H3,(H,21,22,23). The fourth-order valence-electron chi connectivity index (χ4n) is 3.07. The highest BCUT2D eigenvalue weighted by molar-refractivity contribution is 9.10. The van der Waals surface area contributed by atoms with Crippen LogP contribution in [-0.2, 0) is 9.53 Å². The van der Waals surface area contributed by atoms with Crippen molar-refractivity contribution in [2.75, 3.05) is 18.2 Å². The summed E-state index contributed by atoms with van der Waals surface area (Å²) < 4.78 is 13.7. The van der Waals surface area contributed by atoms with Crippen LogP contribution < -0.4 is 10.1 Å². The van der Waals surface area contributed by atoms with Gasteiger partial charge in [-0.25, -0.2) is 9.48 Å². The second-order valence-electron chi connectivity index (χ2n) is 6.50. The second kappa shape index (κ2) is 8.57. The van der Waals surface area contributed by atoms with E-state index >= 15 is 0 Å². The highest BCUT2D eigenvalue weighted by Gasteiger charge is 2.37. The molecule has 9 heteroatoms. The van der Waals surface area contributed by atoms with Gasteiger partial charge < -0.3 is 14.8 Å². The minimum absolute atomic E-state index is 0.235. The third-order valence-electron chi connectivity index (χ3n) is 4.16. The lowest BCUT2D eigenvalue weighted by Gasteiger charge is -2.29. The van der Waals surface area contributed by atoms with Crippen molar-refractivity contribution in [1.82, 2.24) is 14.8 Å². The van der Waals surface area contributed by atoms with Crippen LogP contribution in [0.2, 0.25) is 0 Å². The van der Waals surface area contributed by atoms with E-state index in [2.05, 4.69) is 31.3 Å². The normalized spacial score (nSPS) is 16.0. The Morgan fingerprint density at radius 2 is 2.18 bits per heavy atom. The molecular weight excluding hydrogens is 444 g/mol. The highest BCUT2D eigenvalue weighted by atomic mass is 79.9. The summed E-state index contributed by atoms with van der Waals surface area (Å²) >= 11 is 5.06. The van der Waals surface area contributed by atoms with Crippen LogP contribution in [0.4, 0.5) is 5.95 Å². The SMILES string of the molecule is CCSc1nc2n(n1)C(c1cc(Br)ccc1OC)C(C(=O)OC(C)C)=C(C)N2. The smallest absolute Gasteiger partial charge is 0.338 e. The fraction of sp³-hybridized carbons (Fsp3) is 0.421. The van der Waals surface area contributed by atoms with Crippen molar-refractivity contribution in [2.24, 2.45) is 0 Å². The van der Waals surface area contributed by atoms with Crippen molar-refractivity contribution in [1.29, 1.82) is 0 Å². The van der Waals surface area contributed by atoms with Gasteiger partial charge in [-0.3, -0.25) is 0 Å². The van der Waals surface area contributed by atoms with E-state index in [1.165, 1.54) is 0 Å². The van der Waals surface area contributed by atoms with Gasteiger partial charge >= 0.3 is 5.97 Å². The molecule has 0 saturated carbocycles. The first-order valence-electron chi connectivity index (χ1n) is 8.97. The molecule has 7 nitrogen and oxygen atoms in total. The predicted octanol–water partition coefficient (Wildman–Crippen LogP) is 4.40. The summed E-state index contributed by atoms with van der Waals surface area (Å²) in [6.07, 6.45) is -0.235. The summed E-state index contributed by atoms with van der Waals surface area (Å²) in [6.45, 7) is 7.55. The maximum absolute atomic E-state index is 13.0. The molecule has 0 amide bonds. The number of nitrogens with one attached hydrogen (secondary N) is 1. The van der Waals surface area contributed by atoms with Crippen LogP contribution in [0.15, 0.2) is 39.1 Å². The minimum Gasteiger partial charge on any atom is -0.496 e. The molecule has 1 aliphatic rings. The molecule has 1 N–H and O–H groups in total. The average Bonchev–Trinajstić information content (AvgIpc) is 3.02. The number of esters is 1. The molecule has 2 aromatic rings. The van der Waals surface area contributed by atoms with Crippen LogP contribution in [0, 0.1) is 0 Å². The zero-order valence-corrected chi connectivity index (χ0v) is 18.8. The van der Waals surface area contributed by atoms with Crippen LogP contribution in [0.25, 0.3) is 0 Å². The number of methoxy groups -OCH3 is 1. The summed E-state index contributed by atoms with van der Waals surface area (Å²) in [5.74, 6) is 1.70. The molecule has 0 radical (unpaired) electrons. The third kappa shape index (κ3) is 4.05. The van der Waals surface area contributed by atoms with E-state index in [-0.39, 0.29) is 6.10 Å². The number of allylic oxidation sites excluding steroid dienone is 1. The molecule has 1 aromatic heterocycles. The van der Waals surface area contributed by atoms with Crippen LogP contribution in [-0.4, -0.2) is 39.7 Å². The van der Waals surface area contributed by atoms with E-state index in [0.717, 1.165) is 15.8 Å². The van der Waals surface area contributed by atoms with Crippen LogP contribution in [0.3, 0.4) is 0 Å². The monoisotopic (exact) mass is 466 g/mol. The highest BCUT2D eigenvalue weighted by Crippen LogP contribution is 2.41. The Morgan fingerprint density at radius 3 is 2.82 bits per heavy atom. The van der Waals surface area contributed by atoms with Crippen LogP contribution in [0.5, 0.6) is 5.75 Å². The number of hydrogen-bond acceptors (Lipinski definition) is 7. The number of benzene rings is 1. The second-order valence-corrected chi connectivity index (χ2v) is 8.65. The number of anilines is 1. The van der Waals surface area contributed by atoms with Crippen molar-refractivity contribution >= 4 is 39.6 Å². The molecule has 2 heterocycles. The lowest BCUT2D eigenvalue weighted by Crippen LogP contribution is -2.30. The zero-order chi connectivity index (χ0) is 20.4. The Labute approximate surface area is 177 Å². The number of fused-ring (bicyclic) bond motifs is 1. The number of halogens is 1. The molecule has 0 spiro atoms. The topological polar surface area (TPSA) is 78.3 Å². The van der Waals surface area contributed by atoms with E-state index in [0.29, 0.717) is 28.1 Å². The molecule has 28 heavy (non-hydrogen) atoms. The van der Waals surface area contributed by atoms with Crippen LogP contribution in [0.1, 0.15) is 39.3 Å². The van der Waals surface area contributed by atoms with Gasteiger partial charge in [-0.2, -0.15) is 4.98 Å². The molecule has 0 aliphatic carbocycles. The molecular formula is C19H23BrN4O3S. The molecule has 1 unspecified atom stereocenters. The third-order valence-corrected chi connectivity index (χ3v) is 5.37. The Bertz CT molecular complexity index is 926. The first-order valence-corrected chi connectivity index (χ1v) is 10.7. The van der Waals surface area contributed by atoms with Gasteiger partial charge in [0.15, 0.2) is 0 Å². The van der Waals surface area contributed by atoms with Gasteiger partial charge in [-0.15, -0.1) is 5.10 Å². The number of carbonyl (C=O) groups is 1. The summed E-state index contributed by atoms with van der Waals surface area (Å²) in [5.41, 5.74) is 1.97. The molecule has 150 valence electrons. The zero-order valence-electron chi connectivity index (χ0n) is 16.4. The molecule has 1 atom stereocenters. The molecule has 0 bridgehead atoms. The van der Waals surface area contributed by atoms with Gasteiger partial charge in [0.05, 0.1) is 18.8 Å². The fourth-order valence-corrected chi connectivity index (χ4v) is 4.00. The van der Waals surface area contributed by atoms with E-state index < -0.39 is 12.0 Å². The van der Waals surface area contributed by atoms with Gasteiger partial charge in [-0.05, 0) is 44.7 Å². The van der Waals surface area contributed by atoms with Crippen molar-refractivity contribution in [2.45, 2.75) is 45.0 Å². The van der Waals surface area contributed by atoms with Gasteiger partial charge in [-0.1, -0.05) is 34.6 Å². The number of ether oxygens (including phenoxy) is 2. The van der Waals surface area contributed by atoms with Crippen LogP contribution >= 0.6 is 27.7 Å². The molecule has 0 fully saturated rings. The molecule has 3 rings (SSSR count). The Hall–Kier alpha value is -2.00. The van der Waals surface area contributed by atoms with Crippen molar-refractivity contribution in [3.05, 3.63) is 39.5 Å². The number of hydrogen-bond donors (Lipinski definition) is 1. The minimum atomic E-state index is -0.520. The van der Waals surface area contributed by atoms with Crippen molar-refractivity contribution < 1.29 is 14.3 Å². The average molecular weight is 467 g/mol. The molecule has 1 aromatic carbocycles. The quantitative estimate of drug-likeness (QED) is 0.498. The van der Waals surface area contributed by atoms with E-state index in [1.807, 2.05) is 45.9 Å². The van der Waals surface area contributed by atoms with Crippen molar-refractivity contribution in [3.63, 3.8) is 0 Å². The summed E-state index contributed by atoms with van der Waals surface area (Å²) in [6, 6.07) is 5.17. The Morgan fingerprint density at radius 1 is 1.43 bits per heavy atom. The number of carbonyl (C=O) groups excluding carboxylic acids is 1. The first kappa shape index (κ1) is 20.7. The van der Waals surface area contributed by atoms with Crippen molar-refractivity contribution in [3.8, 4) is 5.75 Å². The first-order chi connectivity index (χ1) is 13.3. The van der Waals surface area contributed by atoms with Gasteiger partial charge in [0.1, 0.15) is 11.8 Å². The van der Waals surface area contributed by atoms with E-state index in [9.17, 15) is 4.79 Å². The summed E-state index contributed by atoms with van der Waals surface area (Å²) in [7, 11) is 1.61. The molecule has 1 aliphatic heterocycles.